The van der Waals surface area contributed by atoms with Crippen LogP contribution in [0.1, 0.15) is 19.8 Å². The number of rotatable bonds is 9. The average molecular weight is 218 g/mol. The van der Waals surface area contributed by atoms with Gasteiger partial charge in [-0.15, -0.1) is 0 Å². The number of carbonyl (C=O) groups is 1. The maximum absolute atomic E-state index is 11.4. The monoisotopic (exact) mass is 218 g/mol. The smallest absolute Gasteiger partial charge is 0.222 e. The van der Waals surface area contributed by atoms with E-state index in [0.29, 0.717) is 32.8 Å². The van der Waals surface area contributed by atoms with Crippen molar-refractivity contribution in [1.82, 2.24) is 5.32 Å². The summed E-state index contributed by atoms with van der Waals surface area (Å²) in [5, 5.41) is 2.85. The Labute approximate surface area is 91.3 Å². The first-order valence-corrected chi connectivity index (χ1v) is 5.30. The van der Waals surface area contributed by atoms with E-state index in [1.54, 1.807) is 7.11 Å². The molecule has 0 saturated heterocycles. The van der Waals surface area contributed by atoms with Gasteiger partial charge in [0.1, 0.15) is 0 Å². The molecule has 0 bridgehead atoms. The minimum atomic E-state index is -0.0149. The highest BCUT2D eigenvalue weighted by Gasteiger charge is 2.10. The fraction of sp³-hybridized carbons (Fsp3) is 0.900. The van der Waals surface area contributed by atoms with E-state index in [2.05, 4.69) is 5.32 Å². The van der Waals surface area contributed by atoms with E-state index in [9.17, 15) is 4.79 Å². The van der Waals surface area contributed by atoms with Crippen molar-refractivity contribution >= 4 is 5.91 Å². The van der Waals surface area contributed by atoms with E-state index in [1.807, 2.05) is 6.92 Å². The van der Waals surface area contributed by atoms with Crippen LogP contribution in [0.3, 0.4) is 0 Å². The van der Waals surface area contributed by atoms with Crippen molar-refractivity contribution < 1.29 is 14.3 Å². The Morgan fingerprint density at radius 3 is 2.80 bits per heavy atom. The standard InChI is InChI=1S/C10H22N2O3/c1-3-15-7-5-10(13)12-9(4-6-11)8-14-2/h9H,3-8,11H2,1-2H3,(H,12,13). The molecule has 5 nitrogen and oxygen atoms in total. The zero-order valence-electron chi connectivity index (χ0n) is 9.62. The van der Waals surface area contributed by atoms with Crippen molar-refractivity contribution in [2.24, 2.45) is 5.73 Å². The molecule has 0 rings (SSSR count). The summed E-state index contributed by atoms with van der Waals surface area (Å²) in [5.74, 6) is -0.0149. The number of carbonyl (C=O) groups excluding carboxylic acids is 1. The normalized spacial score (nSPS) is 12.5. The third-order valence-corrected chi connectivity index (χ3v) is 1.93. The molecule has 0 spiro atoms. The highest BCUT2D eigenvalue weighted by Crippen LogP contribution is 1.93. The maximum atomic E-state index is 11.4. The van der Waals surface area contributed by atoms with Gasteiger partial charge in [-0.2, -0.15) is 0 Å². The van der Waals surface area contributed by atoms with Gasteiger partial charge in [0.2, 0.25) is 5.91 Å². The second-order valence-corrected chi connectivity index (χ2v) is 3.24. The number of methoxy groups -OCH3 is 1. The summed E-state index contributed by atoms with van der Waals surface area (Å²) in [6.07, 6.45) is 1.12. The summed E-state index contributed by atoms with van der Waals surface area (Å²) in [6, 6.07) is 0.00845. The zero-order valence-corrected chi connectivity index (χ0v) is 9.62. The predicted octanol–water partition coefficient (Wildman–Crippen LogP) is -0.107. The van der Waals surface area contributed by atoms with Gasteiger partial charge in [-0.05, 0) is 19.9 Å². The molecular formula is C10H22N2O3. The van der Waals surface area contributed by atoms with E-state index in [-0.39, 0.29) is 11.9 Å². The van der Waals surface area contributed by atoms with Gasteiger partial charge in [0.25, 0.3) is 0 Å². The summed E-state index contributed by atoms with van der Waals surface area (Å²) < 4.78 is 10.1. The summed E-state index contributed by atoms with van der Waals surface area (Å²) >= 11 is 0. The molecule has 0 fully saturated rings. The van der Waals surface area contributed by atoms with Gasteiger partial charge in [-0.1, -0.05) is 0 Å². The van der Waals surface area contributed by atoms with E-state index < -0.39 is 0 Å². The van der Waals surface area contributed by atoms with Crippen LogP contribution in [0.15, 0.2) is 0 Å². The average Bonchev–Trinajstić information content (AvgIpc) is 2.19. The number of amides is 1. The molecule has 15 heavy (non-hydrogen) atoms. The minimum Gasteiger partial charge on any atom is -0.383 e. The molecule has 1 atom stereocenters. The SMILES string of the molecule is CCOCCC(=O)NC(CCN)COC. The van der Waals surface area contributed by atoms with Crippen LogP contribution in [-0.4, -0.2) is 45.4 Å². The quantitative estimate of drug-likeness (QED) is 0.530. The lowest BCUT2D eigenvalue weighted by atomic mass is 10.2. The highest BCUT2D eigenvalue weighted by atomic mass is 16.5. The topological polar surface area (TPSA) is 73.6 Å². The Morgan fingerprint density at radius 2 is 2.27 bits per heavy atom. The zero-order chi connectivity index (χ0) is 11.5. The first-order chi connectivity index (χ1) is 7.24. The number of nitrogens with two attached hydrogens (primary N) is 1. The van der Waals surface area contributed by atoms with Crippen molar-refractivity contribution in [3.05, 3.63) is 0 Å². The molecule has 0 aromatic carbocycles. The molecule has 0 aliphatic heterocycles. The lowest BCUT2D eigenvalue weighted by Gasteiger charge is -2.16. The molecule has 90 valence electrons. The molecule has 0 aromatic rings. The summed E-state index contributed by atoms with van der Waals surface area (Å²) in [7, 11) is 1.61. The molecular weight excluding hydrogens is 196 g/mol. The van der Waals surface area contributed by atoms with Crippen LogP contribution in [0, 0.1) is 0 Å². The number of ether oxygens (including phenoxy) is 2. The first-order valence-electron chi connectivity index (χ1n) is 5.30. The molecule has 0 radical (unpaired) electrons. The fourth-order valence-corrected chi connectivity index (χ4v) is 1.21. The Morgan fingerprint density at radius 1 is 1.53 bits per heavy atom. The first kappa shape index (κ1) is 14.3. The minimum absolute atomic E-state index is 0.00845. The van der Waals surface area contributed by atoms with Crippen LogP contribution < -0.4 is 11.1 Å². The second-order valence-electron chi connectivity index (χ2n) is 3.24. The van der Waals surface area contributed by atoms with Crippen molar-refractivity contribution in [2.75, 3.05) is 33.5 Å². The van der Waals surface area contributed by atoms with Crippen LogP contribution >= 0.6 is 0 Å². The van der Waals surface area contributed by atoms with Crippen LogP contribution in [0.4, 0.5) is 0 Å². The van der Waals surface area contributed by atoms with Gasteiger partial charge in [0, 0.05) is 20.1 Å². The molecule has 1 unspecified atom stereocenters. The largest absolute Gasteiger partial charge is 0.383 e. The fourth-order valence-electron chi connectivity index (χ4n) is 1.21. The molecule has 1 amide bonds. The lowest BCUT2D eigenvalue weighted by molar-refractivity contribution is -0.123. The number of hydrogen-bond acceptors (Lipinski definition) is 4. The molecule has 0 aliphatic carbocycles. The van der Waals surface area contributed by atoms with Gasteiger partial charge in [0.05, 0.1) is 19.3 Å². The maximum Gasteiger partial charge on any atom is 0.222 e. The lowest BCUT2D eigenvalue weighted by Crippen LogP contribution is -2.39. The second kappa shape index (κ2) is 9.89. The van der Waals surface area contributed by atoms with Gasteiger partial charge >= 0.3 is 0 Å². The van der Waals surface area contributed by atoms with Crippen molar-refractivity contribution in [1.29, 1.82) is 0 Å². The van der Waals surface area contributed by atoms with Crippen LogP contribution in [-0.2, 0) is 14.3 Å². The predicted molar refractivity (Wildman–Crippen MR) is 58.6 cm³/mol. The van der Waals surface area contributed by atoms with Gasteiger partial charge in [-0.25, -0.2) is 0 Å². The summed E-state index contributed by atoms with van der Waals surface area (Å²) in [6.45, 7) is 4.04. The van der Waals surface area contributed by atoms with E-state index >= 15 is 0 Å². The van der Waals surface area contributed by atoms with Crippen LogP contribution in [0.25, 0.3) is 0 Å². The molecule has 0 heterocycles. The molecule has 5 heteroatoms. The van der Waals surface area contributed by atoms with Crippen molar-refractivity contribution in [3.8, 4) is 0 Å². The Bertz CT molecular complexity index is 159. The van der Waals surface area contributed by atoms with Gasteiger partial charge < -0.3 is 20.5 Å². The molecule has 0 aliphatic rings. The van der Waals surface area contributed by atoms with E-state index in [4.69, 9.17) is 15.2 Å². The Balaban J connectivity index is 3.67. The van der Waals surface area contributed by atoms with Crippen molar-refractivity contribution in [2.45, 2.75) is 25.8 Å². The van der Waals surface area contributed by atoms with Gasteiger partial charge in [-0.3, -0.25) is 4.79 Å². The van der Waals surface area contributed by atoms with Crippen molar-refractivity contribution in [3.63, 3.8) is 0 Å². The van der Waals surface area contributed by atoms with Gasteiger partial charge in [0.15, 0.2) is 0 Å². The molecule has 0 saturated carbocycles. The van der Waals surface area contributed by atoms with Crippen LogP contribution in [0.2, 0.25) is 0 Å². The summed E-state index contributed by atoms with van der Waals surface area (Å²) in [4.78, 5) is 11.4. The van der Waals surface area contributed by atoms with Crippen LogP contribution in [0.5, 0.6) is 0 Å². The third-order valence-electron chi connectivity index (χ3n) is 1.93. The number of nitrogens with one attached hydrogen (secondary N) is 1. The molecule has 3 N–H and O–H groups in total. The highest BCUT2D eigenvalue weighted by molar-refractivity contribution is 5.76. The third kappa shape index (κ3) is 8.35. The molecule has 0 aromatic heterocycles. The van der Waals surface area contributed by atoms with E-state index in [1.165, 1.54) is 0 Å². The Hall–Kier alpha value is -0.650. The summed E-state index contributed by atoms with van der Waals surface area (Å²) in [5.41, 5.74) is 5.43. The van der Waals surface area contributed by atoms with E-state index in [0.717, 1.165) is 6.42 Å². The number of hydrogen-bond donors (Lipinski definition) is 2. The Kier molecular flexibility index (Phi) is 9.46.